The standard InChI is InChI=1S/C10H8O4/c11-6-8(12)3-1-7-2-4-9(13)10(14)5-7/h1-6,13-14H. The lowest BCUT2D eigenvalue weighted by molar-refractivity contribution is -0.126. The van der Waals surface area contributed by atoms with E-state index in [1.165, 1.54) is 24.3 Å². The summed E-state index contributed by atoms with van der Waals surface area (Å²) >= 11 is 0. The summed E-state index contributed by atoms with van der Waals surface area (Å²) in [5.41, 5.74) is 0.524. The third-order valence-electron chi connectivity index (χ3n) is 1.56. The molecule has 0 aromatic heterocycles. The van der Waals surface area contributed by atoms with Crippen LogP contribution in [0.15, 0.2) is 24.3 Å². The highest BCUT2D eigenvalue weighted by Gasteiger charge is 1.98. The Bertz CT molecular complexity index is 393. The van der Waals surface area contributed by atoms with Crippen LogP contribution in [0.2, 0.25) is 0 Å². The van der Waals surface area contributed by atoms with Crippen LogP contribution in [0, 0.1) is 0 Å². The van der Waals surface area contributed by atoms with Gasteiger partial charge in [0, 0.05) is 0 Å². The second-order valence-corrected chi connectivity index (χ2v) is 2.60. The van der Waals surface area contributed by atoms with Gasteiger partial charge in [0.1, 0.15) is 0 Å². The van der Waals surface area contributed by atoms with Crippen molar-refractivity contribution >= 4 is 18.1 Å². The minimum absolute atomic E-state index is 0.191. The molecular weight excluding hydrogens is 184 g/mol. The lowest BCUT2D eigenvalue weighted by Gasteiger charge is -1.97. The number of benzene rings is 1. The van der Waals surface area contributed by atoms with Crippen molar-refractivity contribution in [3.63, 3.8) is 0 Å². The number of rotatable bonds is 3. The van der Waals surface area contributed by atoms with Crippen LogP contribution in [-0.2, 0) is 9.59 Å². The van der Waals surface area contributed by atoms with Gasteiger partial charge in [0.15, 0.2) is 17.8 Å². The van der Waals surface area contributed by atoms with Crippen molar-refractivity contribution < 1.29 is 19.8 Å². The molecule has 0 atom stereocenters. The zero-order valence-electron chi connectivity index (χ0n) is 7.18. The lowest BCUT2D eigenvalue weighted by Crippen LogP contribution is -1.90. The number of phenolic OH excluding ortho intramolecular Hbond substituents is 2. The zero-order valence-corrected chi connectivity index (χ0v) is 7.18. The fraction of sp³-hybridized carbons (Fsp3) is 0. The molecule has 1 aromatic carbocycles. The number of phenols is 2. The quantitative estimate of drug-likeness (QED) is 0.322. The first-order chi connectivity index (χ1) is 6.63. The molecule has 4 heteroatoms. The van der Waals surface area contributed by atoms with Gasteiger partial charge in [-0.25, -0.2) is 0 Å². The van der Waals surface area contributed by atoms with E-state index in [0.717, 1.165) is 6.08 Å². The minimum Gasteiger partial charge on any atom is -0.504 e. The number of hydrogen-bond acceptors (Lipinski definition) is 4. The molecule has 0 spiro atoms. The van der Waals surface area contributed by atoms with Gasteiger partial charge in [-0.3, -0.25) is 9.59 Å². The molecule has 0 heterocycles. The molecule has 2 N–H and O–H groups in total. The first-order valence-electron chi connectivity index (χ1n) is 3.82. The first-order valence-corrected chi connectivity index (χ1v) is 3.82. The number of carbonyl (C=O) groups excluding carboxylic acids is 2. The van der Waals surface area contributed by atoms with Gasteiger partial charge in [-0.15, -0.1) is 0 Å². The fourth-order valence-electron chi connectivity index (χ4n) is 0.862. The van der Waals surface area contributed by atoms with Crippen molar-refractivity contribution in [1.29, 1.82) is 0 Å². The molecule has 0 aliphatic carbocycles. The largest absolute Gasteiger partial charge is 0.504 e. The second-order valence-electron chi connectivity index (χ2n) is 2.60. The molecule has 0 unspecified atom stereocenters. The van der Waals surface area contributed by atoms with Crippen molar-refractivity contribution in [3.05, 3.63) is 29.8 Å². The Morgan fingerprint density at radius 1 is 1.21 bits per heavy atom. The maximum absolute atomic E-state index is 10.6. The van der Waals surface area contributed by atoms with Crippen molar-refractivity contribution in [2.24, 2.45) is 0 Å². The van der Waals surface area contributed by atoms with E-state index >= 15 is 0 Å². The van der Waals surface area contributed by atoms with E-state index in [-0.39, 0.29) is 17.8 Å². The van der Waals surface area contributed by atoms with E-state index in [1.807, 2.05) is 0 Å². The monoisotopic (exact) mass is 192 g/mol. The molecule has 0 radical (unpaired) electrons. The van der Waals surface area contributed by atoms with Gasteiger partial charge in [-0.1, -0.05) is 12.1 Å². The first kappa shape index (κ1) is 9.98. The topological polar surface area (TPSA) is 74.6 Å². The summed E-state index contributed by atoms with van der Waals surface area (Å²) in [4.78, 5) is 20.5. The highest BCUT2D eigenvalue weighted by molar-refractivity contribution is 6.31. The predicted molar refractivity (Wildman–Crippen MR) is 49.9 cm³/mol. The normalized spacial score (nSPS) is 10.3. The van der Waals surface area contributed by atoms with E-state index in [0.29, 0.717) is 5.56 Å². The fourth-order valence-corrected chi connectivity index (χ4v) is 0.862. The van der Waals surface area contributed by atoms with Crippen LogP contribution in [-0.4, -0.2) is 22.3 Å². The van der Waals surface area contributed by atoms with Crippen LogP contribution in [0.3, 0.4) is 0 Å². The SMILES string of the molecule is O=CC(=O)C=Cc1ccc(O)c(O)c1. The van der Waals surface area contributed by atoms with E-state index in [4.69, 9.17) is 10.2 Å². The van der Waals surface area contributed by atoms with Crippen LogP contribution < -0.4 is 0 Å². The molecule has 72 valence electrons. The van der Waals surface area contributed by atoms with Gasteiger partial charge in [-0.2, -0.15) is 0 Å². The molecule has 14 heavy (non-hydrogen) atoms. The third-order valence-corrected chi connectivity index (χ3v) is 1.56. The molecule has 0 aliphatic rings. The van der Waals surface area contributed by atoms with Gasteiger partial charge in [0.25, 0.3) is 0 Å². The van der Waals surface area contributed by atoms with Crippen molar-refractivity contribution in [3.8, 4) is 11.5 Å². The van der Waals surface area contributed by atoms with Crippen LogP contribution in [0.25, 0.3) is 6.08 Å². The Hall–Kier alpha value is -2.10. The Kier molecular flexibility index (Phi) is 3.01. The summed E-state index contributed by atoms with van der Waals surface area (Å²) in [5, 5.41) is 18.1. The molecule has 4 nitrogen and oxygen atoms in total. The van der Waals surface area contributed by atoms with Crippen LogP contribution >= 0.6 is 0 Å². The van der Waals surface area contributed by atoms with Crippen LogP contribution in [0.4, 0.5) is 0 Å². The van der Waals surface area contributed by atoms with E-state index in [2.05, 4.69) is 0 Å². The number of carbonyl (C=O) groups is 2. The summed E-state index contributed by atoms with van der Waals surface area (Å²) in [6.45, 7) is 0. The van der Waals surface area contributed by atoms with Crippen molar-refractivity contribution in [2.75, 3.05) is 0 Å². The number of aldehydes is 1. The summed E-state index contributed by atoms with van der Waals surface area (Å²) in [5.74, 6) is -1.16. The average molecular weight is 192 g/mol. The van der Waals surface area contributed by atoms with E-state index < -0.39 is 5.78 Å². The van der Waals surface area contributed by atoms with E-state index in [9.17, 15) is 9.59 Å². The Balaban J connectivity index is 2.88. The van der Waals surface area contributed by atoms with Crippen molar-refractivity contribution in [2.45, 2.75) is 0 Å². The summed E-state index contributed by atoms with van der Waals surface area (Å²) in [6, 6.07) is 4.08. The summed E-state index contributed by atoms with van der Waals surface area (Å²) in [7, 11) is 0. The van der Waals surface area contributed by atoms with E-state index in [1.54, 1.807) is 0 Å². The molecule has 1 rings (SSSR count). The predicted octanol–water partition coefficient (Wildman–Crippen LogP) is 0.879. The molecule has 0 saturated heterocycles. The number of hydrogen-bond donors (Lipinski definition) is 2. The van der Waals surface area contributed by atoms with Gasteiger partial charge >= 0.3 is 0 Å². The number of aromatic hydroxyl groups is 2. The highest BCUT2D eigenvalue weighted by atomic mass is 16.3. The van der Waals surface area contributed by atoms with Crippen LogP contribution in [0.1, 0.15) is 5.56 Å². The lowest BCUT2D eigenvalue weighted by atomic mass is 10.2. The molecule has 0 fully saturated rings. The molecular formula is C10H8O4. The molecule has 0 aliphatic heterocycles. The van der Waals surface area contributed by atoms with Gasteiger partial charge < -0.3 is 10.2 Å². The average Bonchev–Trinajstić information content (AvgIpc) is 2.19. The second kappa shape index (κ2) is 4.23. The minimum atomic E-state index is -0.655. The third kappa shape index (κ3) is 2.45. The number of allylic oxidation sites excluding steroid dienone is 1. The Morgan fingerprint density at radius 3 is 2.50 bits per heavy atom. The smallest absolute Gasteiger partial charge is 0.218 e. The van der Waals surface area contributed by atoms with Crippen LogP contribution in [0.5, 0.6) is 11.5 Å². The highest BCUT2D eigenvalue weighted by Crippen LogP contribution is 2.25. The van der Waals surface area contributed by atoms with Gasteiger partial charge in [0.2, 0.25) is 5.78 Å². The maximum Gasteiger partial charge on any atom is 0.218 e. The summed E-state index contributed by atoms with van der Waals surface area (Å²) < 4.78 is 0. The van der Waals surface area contributed by atoms with Crippen molar-refractivity contribution in [1.82, 2.24) is 0 Å². The zero-order chi connectivity index (χ0) is 10.6. The number of ketones is 1. The maximum atomic E-state index is 10.6. The summed E-state index contributed by atoms with van der Waals surface area (Å²) in [6.07, 6.45) is 2.64. The Morgan fingerprint density at radius 2 is 1.93 bits per heavy atom. The Labute approximate surface area is 80.1 Å². The molecule has 0 amide bonds. The van der Waals surface area contributed by atoms with Gasteiger partial charge in [-0.05, 0) is 23.8 Å². The van der Waals surface area contributed by atoms with Gasteiger partial charge in [0.05, 0.1) is 0 Å². The molecule has 1 aromatic rings. The molecule has 0 saturated carbocycles. The molecule has 0 bridgehead atoms.